The van der Waals surface area contributed by atoms with Gasteiger partial charge >= 0.3 is 0 Å². The summed E-state index contributed by atoms with van der Waals surface area (Å²) in [6.45, 7) is 6.78. The van der Waals surface area contributed by atoms with Crippen LogP contribution in [0.15, 0.2) is 41.4 Å². The summed E-state index contributed by atoms with van der Waals surface area (Å²) in [5.41, 5.74) is 3.14. The van der Waals surface area contributed by atoms with E-state index in [1.165, 1.54) is 6.07 Å². The minimum Gasteiger partial charge on any atom is -0.336 e. The van der Waals surface area contributed by atoms with Crippen molar-refractivity contribution >= 4 is 15.9 Å². The van der Waals surface area contributed by atoms with E-state index in [0.717, 1.165) is 49.4 Å². The Morgan fingerprint density at radius 3 is 2.56 bits per heavy atom. The number of hydrogen-bond acceptors (Lipinski definition) is 5. The van der Waals surface area contributed by atoms with Crippen molar-refractivity contribution in [2.75, 3.05) is 13.1 Å². The van der Waals surface area contributed by atoms with Crippen LogP contribution in [0.3, 0.4) is 0 Å². The number of carbonyl (C=O) groups excluding carboxylic acids is 1. The molecule has 1 amide bonds. The van der Waals surface area contributed by atoms with Crippen LogP contribution in [0.2, 0.25) is 0 Å². The molecule has 3 aliphatic rings. The van der Waals surface area contributed by atoms with Crippen LogP contribution in [0, 0.1) is 18.6 Å². The number of nitrogens with zero attached hydrogens (tertiary/aromatic N) is 5. The molecule has 230 valence electrons. The molecule has 0 bridgehead atoms. The molecular formula is C32H39F2N5O3S. The number of fused-ring (bicyclic) bond motifs is 1. The van der Waals surface area contributed by atoms with E-state index in [1.807, 2.05) is 31.9 Å². The van der Waals surface area contributed by atoms with Crippen LogP contribution in [-0.4, -0.2) is 63.7 Å². The lowest BCUT2D eigenvalue weighted by Crippen LogP contribution is -2.44. The molecule has 6 rings (SSSR count). The van der Waals surface area contributed by atoms with Crippen LogP contribution < -0.4 is 0 Å². The van der Waals surface area contributed by atoms with Gasteiger partial charge < -0.3 is 4.90 Å². The number of halogens is 2. The van der Waals surface area contributed by atoms with Crippen molar-refractivity contribution < 1.29 is 22.0 Å². The molecular weight excluding hydrogens is 572 g/mol. The van der Waals surface area contributed by atoms with E-state index in [9.17, 15) is 22.0 Å². The second kappa shape index (κ2) is 11.7. The number of benzene rings is 2. The fraction of sp³-hybridized carbons (Fsp3) is 0.531. The van der Waals surface area contributed by atoms with Crippen molar-refractivity contribution in [3.63, 3.8) is 0 Å². The largest absolute Gasteiger partial charge is 0.336 e. The lowest BCUT2D eigenvalue weighted by atomic mass is 9.87. The van der Waals surface area contributed by atoms with E-state index < -0.39 is 21.7 Å². The molecule has 0 spiro atoms. The van der Waals surface area contributed by atoms with Gasteiger partial charge in [0.2, 0.25) is 10.0 Å². The fourth-order valence-electron chi connectivity index (χ4n) is 7.17. The highest BCUT2D eigenvalue weighted by atomic mass is 32.2. The predicted octanol–water partition coefficient (Wildman–Crippen LogP) is 5.76. The molecule has 0 radical (unpaired) electrons. The van der Waals surface area contributed by atoms with E-state index >= 15 is 0 Å². The summed E-state index contributed by atoms with van der Waals surface area (Å²) < 4.78 is 58.8. The Morgan fingerprint density at radius 1 is 0.977 bits per heavy atom. The van der Waals surface area contributed by atoms with Gasteiger partial charge in [0.15, 0.2) is 0 Å². The maximum absolute atomic E-state index is 14.4. The summed E-state index contributed by atoms with van der Waals surface area (Å²) in [6.07, 6.45) is 8.03. The number of amides is 1. The zero-order valence-electron chi connectivity index (χ0n) is 25.0. The van der Waals surface area contributed by atoms with E-state index in [-0.39, 0.29) is 34.8 Å². The summed E-state index contributed by atoms with van der Waals surface area (Å²) in [6, 6.07) is 6.80. The number of rotatable bonds is 5. The molecule has 2 saturated heterocycles. The van der Waals surface area contributed by atoms with Gasteiger partial charge in [-0.25, -0.2) is 21.9 Å². The molecule has 1 aromatic heterocycles. The van der Waals surface area contributed by atoms with Gasteiger partial charge in [0.1, 0.15) is 11.6 Å². The van der Waals surface area contributed by atoms with E-state index in [2.05, 4.69) is 10.3 Å². The Labute approximate surface area is 252 Å². The number of aryl methyl sites for hydroxylation is 1. The van der Waals surface area contributed by atoms with Crippen molar-refractivity contribution in [2.45, 2.75) is 101 Å². The van der Waals surface area contributed by atoms with Gasteiger partial charge in [0.25, 0.3) is 5.91 Å². The molecule has 2 fully saturated rings. The first kappa shape index (κ1) is 29.9. The topological polar surface area (TPSA) is 88.4 Å². The number of sulfonamides is 1. The number of carbonyl (C=O) groups is 1. The number of likely N-dealkylation sites (tertiary alicyclic amines) is 1. The quantitative estimate of drug-likeness (QED) is 0.366. The van der Waals surface area contributed by atoms with E-state index in [1.54, 1.807) is 27.2 Å². The predicted molar refractivity (Wildman–Crippen MR) is 158 cm³/mol. The second-order valence-corrected chi connectivity index (χ2v) is 14.4. The van der Waals surface area contributed by atoms with Crippen molar-refractivity contribution in [2.24, 2.45) is 0 Å². The average Bonchev–Trinajstić information content (AvgIpc) is 3.47. The van der Waals surface area contributed by atoms with Crippen molar-refractivity contribution in [1.82, 2.24) is 24.2 Å². The molecule has 43 heavy (non-hydrogen) atoms. The zero-order chi connectivity index (χ0) is 30.5. The van der Waals surface area contributed by atoms with E-state index in [0.29, 0.717) is 49.0 Å². The normalized spacial score (nSPS) is 25.0. The first-order valence-electron chi connectivity index (χ1n) is 15.4. The van der Waals surface area contributed by atoms with Crippen LogP contribution in [0.1, 0.15) is 103 Å². The number of aromatic nitrogens is 3. The summed E-state index contributed by atoms with van der Waals surface area (Å²) in [5, 5.41) is 8.82. The smallest absolute Gasteiger partial charge is 0.254 e. The molecule has 11 heteroatoms. The molecule has 3 heterocycles. The highest BCUT2D eigenvalue weighted by Gasteiger charge is 2.35. The van der Waals surface area contributed by atoms with Gasteiger partial charge in [0.05, 0.1) is 16.6 Å². The average molecular weight is 612 g/mol. The number of piperidine rings is 2. The lowest BCUT2D eigenvalue weighted by Gasteiger charge is -2.37. The monoisotopic (exact) mass is 611 g/mol. The molecule has 0 N–H and O–H groups in total. The second-order valence-electron chi connectivity index (χ2n) is 12.5. The summed E-state index contributed by atoms with van der Waals surface area (Å²) >= 11 is 0. The third-order valence-electron chi connectivity index (χ3n) is 9.65. The molecule has 3 aromatic rings. The van der Waals surface area contributed by atoms with Gasteiger partial charge in [-0.2, -0.15) is 4.31 Å². The van der Waals surface area contributed by atoms with Gasteiger partial charge in [-0.05, 0) is 101 Å². The van der Waals surface area contributed by atoms with Crippen molar-refractivity contribution in [3.8, 4) is 0 Å². The molecule has 1 aliphatic carbocycles. The van der Waals surface area contributed by atoms with Crippen molar-refractivity contribution in [3.05, 3.63) is 76.1 Å². The van der Waals surface area contributed by atoms with Crippen LogP contribution in [0.5, 0.6) is 0 Å². The van der Waals surface area contributed by atoms with Crippen LogP contribution >= 0.6 is 0 Å². The van der Waals surface area contributed by atoms with Gasteiger partial charge in [-0.1, -0.05) is 17.7 Å². The maximum Gasteiger partial charge on any atom is 0.254 e. The van der Waals surface area contributed by atoms with E-state index in [4.69, 9.17) is 0 Å². The van der Waals surface area contributed by atoms with Crippen LogP contribution in [0.4, 0.5) is 8.78 Å². The minimum atomic E-state index is -3.70. The van der Waals surface area contributed by atoms with Crippen LogP contribution in [-0.2, 0) is 16.4 Å². The molecule has 8 nitrogen and oxygen atoms in total. The molecule has 4 atom stereocenters. The van der Waals surface area contributed by atoms with Gasteiger partial charge in [-0.3, -0.25) is 4.79 Å². The number of hydrogen-bond donors (Lipinski definition) is 0. The maximum atomic E-state index is 14.4. The standard InChI is InChI=1S/C32H39F2N5O3S/c1-20-10-11-25(43(41,42)39-13-5-4-7-21(39)2)18-27(20)32(40)37-14-12-23(15-22(37)3)30-19-38(36-35-30)31-9-6-8-26-28(31)16-24(33)17-29(26)34/h10-11,16-19,21-23,31H,4-9,12-15H2,1-3H3/t21?,22?,23?,31-/m0/s1. The first-order chi connectivity index (χ1) is 20.5. The fourth-order valence-corrected chi connectivity index (χ4v) is 8.90. The first-order valence-corrected chi connectivity index (χ1v) is 16.8. The Kier molecular flexibility index (Phi) is 8.14. The Morgan fingerprint density at radius 2 is 1.79 bits per heavy atom. The summed E-state index contributed by atoms with van der Waals surface area (Å²) in [5.74, 6) is -1.19. The molecule has 0 saturated carbocycles. The Hall–Kier alpha value is -3.18. The lowest BCUT2D eigenvalue weighted by molar-refractivity contribution is 0.0613. The van der Waals surface area contributed by atoms with Gasteiger partial charge in [-0.15, -0.1) is 5.10 Å². The third-order valence-corrected chi connectivity index (χ3v) is 11.7. The highest BCUT2D eigenvalue weighted by Crippen LogP contribution is 2.37. The zero-order valence-corrected chi connectivity index (χ0v) is 25.8. The molecule has 2 aliphatic heterocycles. The van der Waals surface area contributed by atoms with Gasteiger partial charge in [0, 0.05) is 48.9 Å². The highest BCUT2D eigenvalue weighted by molar-refractivity contribution is 7.89. The van der Waals surface area contributed by atoms with Crippen LogP contribution in [0.25, 0.3) is 0 Å². The SMILES string of the molecule is Cc1ccc(S(=O)(=O)N2CCCCC2C)cc1C(=O)N1CCC(c2cn([C@H]3CCCc4c(F)cc(F)cc43)nn2)CC1C. The molecule has 2 aromatic carbocycles. The Bertz CT molecular complexity index is 1640. The molecule has 3 unspecified atom stereocenters. The van der Waals surface area contributed by atoms with Crippen molar-refractivity contribution in [1.29, 1.82) is 0 Å². The summed E-state index contributed by atoms with van der Waals surface area (Å²) in [4.78, 5) is 15.8. The summed E-state index contributed by atoms with van der Waals surface area (Å²) in [7, 11) is -3.70. The Balaban J connectivity index is 1.17. The third kappa shape index (κ3) is 5.61. The minimum absolute atomic E-state index is 0.0635.